The van der Waals surface area contributed by atoms with E-state index in [0.29, 0.717) is 0 Å². The van der Waals surface area contributed by atoms with Gasteiger partial charge in [-0.05, 0) is 11.6 Å². The standard InChI is InChI=1S/C15H12N4/c16-10-15(11-17)13-8-4-5-9-19(13)18-14(15)12-6-2-1-3-7-12/h1-9,13-14,18H/t13-,14+/m1/s1. The molecule has 0 aromatic heterocycles. The summed E-state index contributed by atoms with van der Waals surface area (Å²) in [5, 5.41) is 21.0. The number of nitrogens with one attached hydrogen (secondary N) is 1. The second kappa shape index (κ2) is 4.28. The molecule has 0 spiro atoms. The van der Waals surface area contributed by atoms with E-state index in [2.05, 4.69) is 17.6 Å². The Morgan fingerprint density at radius 1 is 1.11 bits per heavy atom. The molecular formula is C15H12N4. The first kappa shape index (κ1) is 11.5. The zero-order valence-electron chi connectivity index (χ0n) is 10.2. The SMILES string of the molecule is N#CC1(C#N)[C@H](c2ccccc2)NN2C=CC=C[C@@H]21. The summed E-state index contributed by atoms with van der Waals surface area (Å²) in [6, 6.07) is 13.5. The Morgan fingerprint density at radius 3 is 2.53 bits per heavy atom. The molecule has 92 valence electrons. The Hall–Kier alpha value is -2.56. The normalized spacial score (nSPS) is 26.5. The maximum atomic E-state index is 9.59. The Balaban J connectivity index is 2.11. The van der Waals surface area contributed by atoms with Crippen LogP contribution >= 0.6 is 0 Å². The molecule has 0 aliphatic carbocycles. The van der Waals surface area contributed by atoms with E-state index in [1.807, 2.05) is 59.8 Å². The fourth-order valence-electron chi connectivity index (χ4n) is 2.68. The molecule has 2 heterocycles. The molecule has 0 bridgehead atoms. The predicted octanol–water partition coefficient (Wildman–Crippen LogP) is 2.03. The van der Waals surface area contributed by atoms with E-state index >= 15 is 0 Å². The highest BCUT2D eigenvalue weighted by Crippen LogP contribution is 2.45. The molecule has 1 fully saturated rings. The van der Waals surface area contributed by atoms with Crippen molar-refractivity contribution in [1.82, 2.24) is 10.4 Å². The number of hydrogen-bond acceptors (Lipinski definition) is 4. The molecule has 2 atom stereocenters. The van der Waals surface area contributed by atoms with Crippen LogP contribution in [0, 0.1) is 28.1 Å². The van der Waals surface area contributed by atoms with Crippen molar-refractivity contribution in [2.45, 2.75) is 12.1 Å². The van der Waals surface area contributed by atoms with Gasteiger partial charge < -0.3 is 5.01 Å². The van der Waals surface area contributed by atoms with E-state index in [1.54, 1.807) is 0 Å². The third kappa shape index (κ3) is 1.55. The van der Waals surface area contributed by atoms with Crippen molar-refractivity contribution in [3.05, 3.63) is 60.3 Å². The molecule has 4 nitrogen and oxygen atoms in total. The van der Waals surface area contributed by atoms with Gasteiger partial charge in [0.15, 0.2) is 5.41 Å². The van der Waals surface area contributed by atoms with Crippen LogP contribution in [0.3, 0.4) is 0 Å². The van der Waals surface area contributed by atoms with Crippen LogP contribution in [0.1, 0.15) is 11.6 Å². The Morgan fingerprint density at radius 2 is 1.84 bits per heavy atom. The Labute approximate surface area is 111 Å². The maximum absolute atomic E-state index is 9.59. The minimum absolute atomic E-state index is 0.266. The van der Waals surface area contributed by atoms with Crippen molar-refractivity contribution in [3.63, 3.8) is 0 Å². The van der Waals surface area contributed by atoms with Crippen molar-refractivity contribution >= 4 is 0 Å². The first-order chi connectivity index (χ1) is 9.31. The second-order valence-electron chi connectivity index (χ2n) is 4.64. The van der Waals surface area contributed by atoms with Gasteiger partial charge in [-0.3, -0.25) is 0 Å². The van der Waals surface area contributed by atoms with E-state index in [1.165, 1.54) is 0 Å². The minimum Gasteiger partial charge on any atom is -0.305 e. The molecule has 0 radical (unpaired) electrons. The number of hydrazine groups is 1. The van der Waals surface area contributed by atoms with E-state index in [0.717, 1.165) is 5.56 Å². The van der Waals surface area contributed by atoms with E-state index in [-0.39, 0.29) is 12.1 Å². The van der Waals surface area contributed by atoms with Crippen LogP contribution in [0.2, 0.25) is 0 Å². The molecule has 1 N–H and O–H groups in total. The molecule has 2 aliphatic heterocycles. The monoisotopic (exact) mass is 248 g/mol. The summed E-state index contributed by atoms with van der Waals surface area (Å²) in [5.74, 6) is 0. The molecule has 0 saturated carbocycles. The number of rotatable bonds is 1. The first-order valence-electron chi connectivity index (χ1n) is 6.09. The van der Waals surface area contributed by atoms with Crippen LogP contribution in [0.25, 0.3) is 0 Å². The van der Waals surface area contributed by atoms with Gasteiger partial charge in [0.2, 0.25) is 0 Å². The molecule has 2 aliphatic rings. The predicted molar refractivity (Wildman–Crippen MR) is 69.9 cm³/mol. The molecule has 3 rings (SSSR count). The highest BCUT2D eigenvalue weighted by Gasteiger charge is 2.55. The quantitative estimate of drug-likeness (QED) is 0.826. The smallest absolute Gasteiger partial charge is 0.189 e. The van der Waals surface area contributed by atoms with Gasteiger partial charge in [-0.25, -0.2) is 5.43 Å². The summed E-state index contributed by atoms with van der Waals surface area (Å²) in [5.41, 5.74) is 3.08. The lowest BCUT2D eigenvalue weighted by molar-refractivity contribution is 0.283. The molecule has 1 saturated heterocycles. The van der Waals surface area contributed by atoms with Crippen LogP contribution in [0.15, 0.2) is 54.8 Å². The van der Waals surface area contributed by atoms with Gasteiger partial charge in [0.1, 0.15) is 0 Å². The highest BCUT2D eigenvalue weighted by molar-refractivity contribution is 5.39. The lowest BCUT2D eigenvalue weighted by Gasteiger charge is -2.26. The van der Waals surface area contributed by atoms with Gasteiger partial charge in [0.05, 0.1) is 24.2 Å². The Bertz CT molecular complexity index is 604. The third-order valence-electron chi connectivity index (χ3n) is 3.65. The zero-order valence-corrected chi connectivity index (χ0v) is 10.2. The largest absolute Gasteiger partial charge is 0.305 e. The van der Waals surface area contributed by atoms with Crippen LogP contribution in [0.5, 0.6) is 0 Å². The average molecular weight is 248 g/mol. The van der Waals surface area contributed by atoms with Crippen LogP contribution in [0.4, 0.5) is 0 Å². The number of fused-ring (bicyclic) bond motifs is 1. The average Bonchev–Trinajstić information content (AvgIpc) is 2.83. The lowest BCUT2D eigenvalue weighted by Crippen LogP contribution is -2.37. The lowest BCUT2D eigenvalue weighted by atomic mass is 9.75. The van der Waals surface area contributed by atoms with Gasteiger partial charge in [0.25, 0.3) is 0 Å². The zero-order chi connectivity index (χ0) is 13.3. The summed E-state index contributed by atoms with van der Waals surface area (Å²) < 4.78 is 0. The number of hydrogen-bond donors (Lipinski definition) is 1. The van der Waals surface area contributed by atoms with Crippen molar-refractivity contribution in [2.75, 3.05) is 0 Å². The van der Waals surface area contributed by atoms with Crippen molar-refractivity contribution in [3.8, 4) is 12.1 Å². The van der Waals surface area contributed by atoms with E-state index in [9.17, 15) is 10.5 Å². The third-order valence-corrected chi connectivity index (χ3v) is 3.65. The van der Waals surface area contributed by atoms with Gasteiger partial charge >= 0.3 is 0 Å². The maximum Gasteiger partial charge on any atom is 0.189 e. The van der Waals surface area contributed by atoms with Crippen molar-refractivity contribution < 1.29 is 0 Å². The highest BCUT2D eigenvalue weighted by atomic mass is 15.6. The fraction of sp³-hybridized carbons (Fsp3) is 0.200. The molecule has 1 aromatic carbocycles. The topological polar surface area (TPSA) is 62.9 Å². The molecule has 0 unspecified atom stereocenters. The summed E-state index contributed by atoms with van der Waals surface area (Å²) in [6.07, 6.45) is 7.51. The first-order valence-corrected chi connectivity index (χ1v) is 6.09. The number of nitriles is 2. The van der Waals surface area contributed by atoms with E-state index in [4.69, 9.17) is 0 Å². The van der Waals surface area contributed by atoms with Crippen LogP contribution < -0.4 is 5.43 Å². The summed E-state index contributed by atoms with van der Waals surface area (Å²) >= 11 is 0. The molecule has 19 heavy (non-hydrogen) atoms. The van der Waals surface area contributed by atoms with Crippen molar-refractivity contribution in [2.24, 2.45) is 5.41 Å². The van der Waals surface area contributed by atoms with Gasteiger partial charge in [-0.2, -0.15) is 10.5 Å². The van der Waals surface area contributed by atoms with Gasteiger partial charge in [-0.15, -0.1) is 0 Å². The number of allylic oxidation sites excluding steroid dienone is 2. The second-order valence-corrected chi connectivity index (χ2v) is 4.64. The minimum atomic E-state index is -1.12. The Kier molecular flexibility index (Phi) is 2.59. The molecule has 1 aromatic rings. The summed E-state index contributed by atoms with van der Waals surface area (Å²) in [7, 11) is 0. The molecular weight excluding hydrogens is 236 g/mol. The van der Waals surface area contributed by atoms with Crippen molar-refractivity contribution in [1.29, 1.82) is 10.5 Å². The number of nitrogens with zero attached hydrogens (tertiary/aromatic N) is 3. The molecule has 0 amide bonds. The van der Waals surface area contributed by atoms with Gasteiger partial charge in [0, 0.05) is 6.20 Å². The van der Waals surface area contributed by atoms with Crippen LogP contribution in [-0.4, -0.2) is 11.1 Å². The summed E-state index contributed by atoms with van der Waals surface area (Å²) in [6.45, 7) is 0. The number of benzene rings is 1. The van der Waals surface area contributed by atoms with E-state index < -0.39 is 5.41 Å². The van der Waals surface area contributed by atoms with Crippen LogP contribution in [-0.2, 0) is 0 Å². The summed E-state index contributed by atoms with van der Waals surface area (Å²) in [4.78, 5) is 0. The molecule has 4 heteroatoms. The van der Waals surface area contributed by atoms with Gasteiger partial charge in [-0.1, -0.05) is 42.5 Å². The fourth-order valence-corrected chi connectivity index (χ4v) is 2.68.